The summed E-state index contributed by atoms with van der Waals surface area (Å²) in [6.07, 6.45) is 0. The quantitative estimate of drug-likeness (QED) is 0.776. The van der Waals surface area contributed by atoms with Gasteiger partial charge in [-0.05, 0) is 23.6 Å². The highest BCUT2D eigenvalue weighted by molar-refractivity contribution is 9.10. The molecule has 0 aromatic heterocycles. The summed E-state index contributed by atoms with van der Waals surface area (Å²) in [4.78, 5) is 0. The zero-order valence-electron chi connectivity index (χ0n) is 7.05. The summed E-state index contributed by atoms with van der Waals surface area (Å²) >= 11 is 3.48. The number of halogens is 1. The van der Waals surface area contributed by atoms with Crippen molar-refractivity contribution in [3.05, 3.63) is 34.3 Å². The lowest BCUT2D eigenvalue weighted by Crippen LogP contribution is -2.43. The molecule has 1 N–H and O–H groups in total. The maximum atomic E-state index is 3.48. The standard InChI is InChI=1S/C10H12BrN/c1-7-6-12-10(7)8-3-2-4-9(11)5-8/h2-5,7,10,12H,6H2,1H3. The van der Waals surface area contributed by atoms with Gasteiger partial charge in [0.05, 0.1) is 0 Å². The molecule has 1 aliphatic heterocycles. The predicted octanol–water partition coefficient (Wildman–Crippen LogP) is 2.73. The minimum Gasteiger partial charge on any atom is -0.309 e. The Labute approximate surface area is 81.3 Å². The molecule has 2 rings (SSSR count). The second-order valence-corrected chi connectivity index (χ2v) is 4.33. The van der Waals surface area contributed by atoms with E-state index in [1.807, 2.05) is 0 Å². The van der Waals surface area contributed by atoms with Gasteiger partial charge in [-0.1, -0.05) is 35.0 Å². The first-order chi connectivity index (χ1) is 5.77. The maximum absolute atomic E-state index is 3.48. The van der Waals surface area contributed by atoms with E-state index in [9.17, 15) is 0 Å². The molecule has 0 spiro atoms. The molecule has 1 fully saturated rings. The lowest BCUT2D eigenvalue weighted by Gasteiger charge is -2.36. The van der Waals surface area contributed by atoms with Crippen molar-refractivity contribution in [2.75, 3.05) is 6.54 Å². The maximum Gasteiger partial charge on any atom is 0.0358 e. The molecule has 64 valence electrons. The van der Waals surface area contributed by atoms with Gasteiger partial charge in [0.1, 0.15) is 0 Å². The van der Waals surface area contributed by atoms with E-state index in [1.165, 1.54) is 10.0 Å². The third-order valence-corrected chi connectivity index (χ3v) is 2.93. The Hall–Kier alpha value is -0.340. The van der Waals surface area contributed by atoms with Gasteiger partial charge in [0.25, 0.3) is 0 Å². The third kappa shape index (κ3) is 1.41. The first-order valence-electron chi connectivity index (χ1n) is 4.26. The lowest BCUT2D eigenvalue weighted by molar-refractivity contribution is 0.258. The molecule has 0 saturated carbocycles. The van der Waals surface area contributed by atoms with Gasteiger partial charge in [0, 0.05) is 17.1 Å². The van der Waals surface area contributed by atoms with Crippen molar-refractivity contribution in [3.8, 4) is 0 Å². The van der Waals surface area contributed by atoms with Gasteiger partial charge in [0.15, 0.2) is 0 Å². The Kier molecular flexibility index (Phi) is 2.20. The SMILES string of the molecule is CC1CNC1c1cccc(Br)c1. The van der Waals surface area contributed by atoms with Gasteiger partial charge in [-0.15, -0.1) is 0 Å². The molecule has 1 aliphatic rings. The van der Waals surface area contributed by atoms with Crippen LogP contribution < -0.4 is 5.32 Å². The van der Waals surface area contributed by atoms with Crippen LogP contribution in [0.1, 0.15) is 18.5 Å². The van der Waals surface area contributed by atoms with E-state index >= 15 is 0 Å². The largest absolute Gasteiger partial charge is 0.309 e. The average molecular weight is 226 g/mol. The van der Waals surface area contributed by atoms with Crippen LogP contribution in [0.5, 0.6) is 0 Å². The van der Waals surface area contributed by atoms with E-state index in [1.54, 1.807) is 0 Å². The molecule has 12 heavy (non-hydrogen) atoms. The Morgan fingerprint density at radius 2 is 2.33 bits per heavy atom. The first-order valence-corrected chi connectivity index (χ1v) is 5.05. The summed E-state index contributed by atoms with van der Waals surface area (Å²) in [5.74, 6) is 0.777. The molecule has 1 aromatic carbocycles. The summed E-state index contributed by atoms with van der Waals surface area (Å²) in [5.41, 5.74) is 1.39. The van der Waals surface area contributed by atoms with Gasteiger partial charge in [-0.2, -0.15) is 0 Å². The van der Waals surface area contributed by atoms with E-state index in [0.29, 0.717) is 6.04 Å². The van der Waals surface area contributed by atoms with Crippen molar-refractivity contribution in [1.82, 2.24) is 5.32 Å². The highest BCUT2D eigenvalue weighted by Gasteiger charge is 2.26. The smallest absolute Gasteiger partial charge is 0.0358 e. The van der Waals surface area contributed by atoms with E-state index in [0.717, 1.165) is 12.5 Å². The fraction of sp³-hybridized carbons (Fsp3) is 0.400. The van der Waals surface area contributed by atoms with Gasteiger partial charge in [0.2, 0.25) is 0 Å². The minimum absolute atomic E-state index is 0.572. The molecule has 2 heteroatoms. The number of nitrogens with one attached hydrogen (secondary N) is 1. The van der Waals surface area contributed by atoms with Crippen LogP contribution in [-0.4, -0.2) is 6.54 Å². The van der Waals surface area contributed by atoms with Gasteiger partial charge in [-0.3, -0.25) is 0 Å². The van der Waals surface area contributed by atoms with Crippen LogP contribution >= 0.6 is 15.9 Å². The molecule has 1 heterocycles. The second kappa shape index (κ2) is 3.19. The number of hydrogen-bond donors (Lipinski definition) is 1. The van der Waals surface area contributed by atoms with Crippen molar-refractivity contribution in [2.24, 2.45) is 5.92 Å². The van der Waals surface area contributed by atoms with Gasteiger partial charge >= 0.3 is 0 Å². The Balaban J connectivity index is 2.22. The predicted molar refractivity (Wildman–Crippen MR) is 54.0 cm³/mol. The van der Waals surface area contributed by atoms with Crippen LogP contribution in [0.25, 0.3) is 0 Å². The summed E-state index contributed by atoms with van der Waals surface area (Å²) < 4.78 is 1.17. The Bertz CT molecular complexity index is 285. The van der Waals surface area contributed by atoms with Crippen molar-refractivity contribution in [1.29, 1.82) is 0 Å². The molecular formula is C10H12BrN. The molecular weight excluding hydrogens is 214 g/mol. The monoisotopic (exact) mass is 225 g/mol. The van der Waals surface area contributed by atoms with Crippen LogP contribution in [0.4, 0.5) is 0 Å². The fourth-order valence-electron chi connectivity index (χ4n) is 1.62. The van der Waals surface area contributed by atoms with Crippen molar-refractivity contribution in [3.63, 3.8) is 0 Å². The molecule has 2 atom stereocenters. The van der Waals surface area contributed by atoms with Gasteiger partial charge < -0.3 is 5.32 Å². The molecule has 1 aromatic rings. The molecule has 1 saturated heterocycles. The molecule has 0 bridgehead atoms. The normalized spacial score (nSPS) is 28.2. The molecule has 0 radical (unpaired) electrons. The summed E-state index contributed by atoms with van der Waals surface area (Å²) in [7, 11) is 0. The fourth-order valence-corrected chi connectivity index (χ4v) is 2.03. The van der Waals surface area contributed by atoms with Crippen LogP contribution in [0, 0.1) is 5.92 Å². The topological polar surface area (TPSA) is 12.0 Å². The number of benzene rings is 1. The summed E-state index contributed by atoms with van der Waals surface area (Å²) in [6.45, 7) is 3.43. The highest BCUT2D eigenvalue weighted by Crippen LogP contribution is 2.29. The van der Waals surface area contributed by atoms with E-state index < -0.39 is 0 Å². The van der Waals surface area contributed by atoms with E-state index in [2.05, 4.69) is 52.4 Å². The van der Waals surface area contributed by atoms with E-state index in [4.69, 9.17) is 0 Å². The zero-order valence-corrected chi connectivity index (χ0v) is 8.64. The van der Waals surface area contributed by atoms with Crippen molar-refractivity contribution in [2.45, 2.75) is 13.0 Å². The second-order valence-electron chi connectivity index (χ2n) is 3.42. The summed E-state index contributed by atoms with van der Waals surface area (Å²) in [6, 6.07) is 9.09. The first kappa shape index (κ1) is 8.27. The molecule has 2 unspecified atom stereocenters. The lowest BCUT2D eigenvalue weighted by atomic mass is 9.88. The third-order valence-electron chi connectivity index (χ3n) is 2.44. The van der Waals surface area contributed by atoms with Crippen LogP contribution in [0.2, 0.25) is 0 Å². The molecule has 0 amide bonds. The molecule has 1 nitrogen and oxygen atoms in total. The van der Waals surface area contributed by atoms with E-state index in [-0.39, 0.29) is 0 Å². The van der Waals surface area contributed by atoms with Crippen molar-refractivity contribution >= 4 is 15.9 Å². The number of hydrogen-bond acceptors (Lipinski definition) is 1. The van der Waals surface area contributed by atoms with Crippen LogP contribution in [0.3, 0.4) is 0 Å². The Morgan fingerprint density at radius 3 is 2.83 bits per heavy atom. The minimum atomic E-state index is 0.572. The average Bonchev–Trinajstić information content (AvgIpc) is 2.02. The van der Waals surface area contributed by atoms with Crippen LogP contribution in [0.15, 0.2) is 28.7 Å². The van der Waals surface area contributed by atoms with Crippen molar-refractivity contribution < 1.29 is 0 Å². The Morgan fingerprint density at radius 1 is 1.50 bits per heavy atom. The van der Waals surface area contributed by atoms with Crippen LogP contribution in [-0.2, 0) is 0 Å². The molecule has 0 aliphatic carbocycles. The highest BCUT2D eigenvalue weighted by atomic mass is 79.9. The summed E-state index contributed by atoms with van der Waals surface area (Å²) in [5, 5.41) is 3.42. The zero-order chi connectivity index (χ0) is 8.55. The van der Waals surface area contributed by atoms with Gasteiger partial charge in [-0.25, -0.2) is 0 Å². The number of rotatable bonds is 1.